The van der Waals surface area contributed by atoms with E-state index in [-0.39, 0.29) is 29.1 Å². The van der Waals surface area contributed by atoms with Gasteiger partial charge in [0.2, 0.25) is 10.0 Å². The van der Waals surface area contributed by atoms with Gasteiger partial charge in [0, 0.05) is 37.6 Å². The smallest absolute Gasteiger partial charge is 0.244 e. The number of nitrogens with one attached hydrogen (secondary N) is 1. The molecule has 32 heavy (non-hydrogen) atoms. The van der Waals surface area contributed by atoms with Gasteiger partial charge in [-0.15, -0.1) is 0 Å². The Morgan fingerprint density at radius 1 is 1.22 bits per heavy atom. The number of rotatable bonds is 7. The Balaban J connectivity index is 1.46. The molecule has 0 radical (unpaired) electrons. The second-order valence-electron chi connectivity index (χ2n) is 9.00. The van der Waals surface area contributed by atoms with E-state index in [0.717, 1.165) is 12.1 Å². The highest BCUT2D eigenvalue weighted by Crippen LogP contribution is 2.37. The van der Waals surface area contributed by atoms with E-state index in [1.807, 2.05) is 6.07 Å². The summed E-state index contributed by atoms with van der Waals surface area (Å²) in [6.45, 7) is 3.16. The third-order valence-electron chi connectivity index (χ3n) is 6.39. The van der Waals surface area contributed by atoms with E-state index in [1.165, 1.54) is 12.1 Å². The van der Waals surface area contributed by atoms with Crippen LogP contribution in [-0.2, 0) is 10.0 Å². The van der Waals surface area contributed by atoms with Crippen LogP contribution in [0.3, 0.4) is 0 Å². The number of piperidine rings is 1. The van der Waals surface area contributed by atoms with Crippen molar-refractivity contribution in [2.75, 3.05) is 36.5 Å². The van der Waals surface area contributed by atoms with Crippen LogP contribution in [0.1, 0.15) is 37.8 Å². The minimum absolute atomic E-state index is 0.0704. The molecule has 0 unspecified atom stereocenters. The lowest BCUT2D eigenvalue weighted by Gasteiger charge is -2.38. The Kier molecular flexibility index (Phi) is 6.40. The molecule has 0 bridgehead atoms. The standard InChI is InChI=1S/C23H30F2N4O2S/c1-17-7-8-21(22(26-17)28(2)16-23(25)11-4-12-23)32(30,31)27-19-9-13-29(14-10-19)20-6-3-5-18(24)15-20/h3,5-8,15,19,27H,4,9-14,16H2,1-2H3. The molecule has 2 aliphatic rings. The first-order valence-corrected chi connectivity index (χ1v) is 12.5. The number of pyridine rings is 1. The van der Waals surface area contributed by atoms with Crippen molar-refractivity contribution in [3.05, 3.63) is 47.9 Å². The maximum atomic E-state index is 14.7. The van der Waals surface area contributed by atoms with Crippen molar-refractivity contribution >= 4 is 21.5 Å². The van der Waals surface area contributed by atoms with Gasteiger partial charge in [-0.25, -0.2) is 26.9 Å². The number of halogens is 2. The lowest BCUT2D eigenvalue weighted by molar-refractivity contribution is 0.0720. The van der Waals surface area contributed by atoms with Crippen molar-refractivity contribution in [3.63, 3.8) is 0 Å². The van der Waals surface area contributed by atoms with Crippen LogP contribution in [0.25, 0.3) is 0 Å². The predicted molar refractivity (Wildman–Crippen MR) is 122 cm³/mol. The zero-order chi connectivity index (χ0) is 22.9. The van der Waals surface area contributed by atoms with Crippen LogP contribution >= 0.6 is 0 Å². The summed E-state index contributed by atoms with van der Waals surface area (Å²) in [6, 6.07) is 9.40. The normalized spacial score (nSPS) is 18.9. The number of alkyl halides is 1. The average Bonchev–Trinajstić information content (AvgIpc) is 2.72. The average molecular weight is 465 g/mol. The van der Waals surface area contributed by atoms with E-state index in [4.69, 9.17) is 0 Å². The van der Waals surface area contributed by atoms with Crippen LogP contribution in [0.5, 0.6) is 0 Å². The third kappa shape index (κ3) is 5.04. The summed E-state index contributed by atoms with van der Waals surface area (Å²) in [5, 5.41) is 0. The van der Waals surface area contributed by atoms with Crippen molar-refractivity contribution in [3.8, 4) is 0 Å². The van der Waals surface area contributed by atoms with Gasteiger partial charge in [0.15, 0.2) is 0 Å². The molecule has 9 heteroatoms. The van der Waals surface area contributed by atoms with Crippen molar-refractivity contribution < 1.29 is 17.2 Å². The number of hydrogen-bond donors (Lipinski definition) is 1. The highest BCUT2D eigenvalue weighted by atomic mass is 32.2. The predicted octanol–water partition coefficient (Wildman–Crippen LogP) is 3.80. The second-order valence-corrected chi connectivity index (χ2v) is 10.7. The molecular weight excluding hydrogens is 434 g/mol. The number of benzene rings is 1. The van der Waals surface area contributed by atoms with Gasteiger partial charge in [0.1, 0.15) is 22.2 Å². The second kappa shape index (κ2) is 8.94. The molecule has 4 rings (SSSR count). The van der Waals surface area contributed by atoms with Gasteiger partial charge in [0.25, 0.3) is 0 Å². The minimum Gasteiger partial charge on any atom is -0.371 e. The highest BCUT2D eigenvalue weighted by Gasteiger charge is 2.39. The molecule has 0 amide bonds. The van der Waals surface area contributed by atoms with Gasteiger partial charge in [-0.05, 0) is 69.4 Å². The fourth-order valence-electron chi connectivity index (χ4n) is 4.44. The molecule has 1 aromatic heterocycles. The zero-order valence-electron chi connectivity index (χ0n) is 18.5. The molecule has 2 heterocycles. The van der Waals surface area contributed by atoms with E-state index >= 15 is 0 Å². The molecule has 1 aliphatic carbocycles. The van der Waals surface area contributed by atoms with Crippen molar-refractivity contribution in [2.45, 2.75) is 55.6 Å². The van der Waals surface area contributed by atoms with E-state index in [1.54, 1.807) is 37.1 Å². The molecule has 6 nitrogen and oxygen atoms in total. The fraction of sp³-hybridized carbons (Fsp3) is 0.522. The Labute approximate surface area is 188 Å². The SMILES string of the molecule is Cc1ccc(S(=O)(=O)NC2CCN(c3cccc(F)c3)CC2)c(N(C)CC2(F)CCC2)n1. The van der Waals surface area contributed by atoms with Crippen LogP contribution in [-0.4, -0.2) is 51.8 Å². The molecule has 2 fully saturated rings. The molecule has 0 atom stereocenters. The first kappa shape index (κ1) is 22.9. The van der Waals surface area contributed by atoms with E-state index < -0.39 is 15.7 Å². The Morgan fingerprint density at radius 3 is 2.56 bits per heavy atom. The summed E-state index contributed by atoms with van der Waals surface area (Å²) in [4.78, 5) is 8.18. The van der Waals surface area contributed by atoms with Crippen LogP contribution in [0, 0.1) is 12.7 Å². The number of sulfonamides is 1. The van der Waals surface area contributed by atoms with Crippen molar-refractivity contribution in [1.29, 1.82) is 0 Å². The van der Waals surface area contributed by atoms with Crippen molar-refractivity contribution in [2.24, 2.45) is 0 Å². The Hall–Kier alpha value is -2.26. The largest absolute Gasteiger partial charge is 0.371 e. The van der Waals surface area contributed by atoms with Gasteiger partial charge >= 0.3 is 0 Å². The highest BCUT2D eigenvalue weighted by molar-refractivity contribution is 7.89. The first-order valence-electron chi connectivity index (χ1n) is 11.1. The monoisotopic (exact) mass is 464 g/mol. The maximum absolute atomic E-state index is 14.7. The summed E-state index contributed by atoms with van der Waals surface area (Å²) >= 11 is 0. The molecule has 1 saturated carbocycles. The topological polar surface area (TPSA) is 65.5 Å². The number of aromatic nitrogens is 1. The van der Waals surface area contributed by atoms with Crippen molar-refractivity contribution in [1.82, 2.24) is 9.71 Å². The maximum Gasteiger partial charge on any atom is 0.244 e. The lowest BCUT2D eigenvalue weighted by Crippen LogP contribution is -2.46. The summed E-state index contributed by atoms with van der Waals surface area (Å²) in [7, 11) is -2.15. The lowest BCUT2D eigenvalue weighted by atomic mass is 9.82. The minimum atomic E-state index is -3.84. The van der Waals surface area contributed by atoms with Crippen LogP contribution in [0.2, 0.25) is 0 Å². The quantitative estimate of drug-likeness (QED) is 0.675. The van der Waals surface area contributed by atoms with E-state index in [0.29, 0.717) is 44.5 Å². The number of hydrogen-bond acceptors (Lipinski definition) is 5. The van der Waals surface area contributed by atoms with Gasteiger partial charge in [-0.2, -0.15) is 0 Å². The third-order valence-corrected chi connectivity index (χ3v) is 7.93. The molecule has 0 spiro atoms. The molecule has 1 saturated heterocycles. The van der Waals surface area contributed by atoms with Crippen LogP contribution < -0.4 is 14.5 Å². The van der Waals surface area contributed by atoms with Gasteiger partial charge < -0.3 is 9.80 Å². The fourth-order valence-corrected chi connectivity index (χ4v) is 5.93. The number of aryl methyl sites for hydroxylation is 1. The van der Waals surface area contributed by atoms with E-state index in [9.17, 15) is 17.2 Å². The first-order chi connectivity index (χ1) is 15.2. The molecule has 174 valence electrons. The zero-order valence-corrected chi connectivity index (χ0v) is 19.3. The Bertz CT molecular complexity index is 1070. The van der Waals surface area contributed by atoms with Gasteiger partial charge in [-0.1, -0.05) is 6.07 Å². The van der Waals surface area contributed by atoms with Gasteiger partial charge in [-0.3, -0.25) is 0 Å². The van der Waals surface area contributed by atoms with E-state index in [2.05, 4.69) is 14.6 Å². The van der Waals surface area contributed by atoms with Gasteiger partial charge in [0.05, 0.1) is 6.54 Å². The summed E-state index contributed by atoms with van der Waals surface area (Å²) in [6.07, 6.45) is 3.05. The summed E-state index contributed by atoms with van der Waals surface area (Å²) in [5.41, 5.74) is 0.197. The summed E-state index contributed by atoms with van der Waals surface area (Å²) in [5.74, 6) is -0.00979. The number of anilines is 2. The molecular formula is C23H30F2N4O2S. The molecule has 2 aromatic rings. The summed E-state index contributed by atoms with van der Waals surface area (Å²) < 4.78 is 57.5. The van der Waals surface area contributed by atoms with Crippen LogP contribution in [0.4, 0.5) is 20.3 Å². The molecule has 1 aliphatic heterocycles. The van der Waals surface area contributed by atoms with Crippen LogP contribution in [0.15, 0.2) is 41.3 Å². The Morgan fingerprint density at radius 2 is 1.94 bits per heavy atom. The molecule has 1 N–H and O–H groups in total. The molecule has 1 aromatic carbocycles. The number of nitrogens with zero attached hydrogens (tertiary/aromatic N) is 3.